The highest BCUT2D eigenvalue weighted by molar-refractivity contribution is 5.26. The lowest BCUT2D eigenvalue weighted by Gasteiger charge is -2.12. The van der Waals surface area contributed by atoms with Gasteiger partial charge in [-0.3, -0.25) is 4.98 Å². The first-order chi connectivity index (χ1) is 6.91. The molecule has 0 aliphatic heterocycles. The predicted molar refractivity (Wildman–Crippen MR) is 51.2 cm³/mol. The van der Waals surface area contributed by atoms with E-state index >= 15 is 0 Å². The monoisotopic (exact) mass is 218 g/mol. The van der Waals surface area contributed by atoms with E-state index in [9.17, 15) is 13.2 Å². The Morgan fingerprint density at radius 1 is 1.47 bits per heavy atom. The van der Waals surface area contributed by atoms with E-state index in [0.29, 0.717) is 12.8 Å². The van der Waals surface area contributed by atoms with Crippen molar-refractivity contribution in [3.8, 4) is 0 Å². The second-order valence-corrected chi connectivity index (χ2v) is 3.55. The molecule has 0 bridgehead atoms. The molecular formula is C10H13F3N2. The summed E-state index contributed by atoms with van der Waals surface area (Å²) in [5.41, 5.74) is 5.10. The highest BCUT2D eigenvalue weighted by Gasteiger charge is 2.32. The quantitative estimate of drug-likeness (QED) is 0.845. The third-order valence-electron chi connectivity index (χ3n) is 2.08. The van der Waals surface area contributed by atoms with Crippen molar-refractivity contribution in [3.63, 3.8) is 0 Å². The number of hydrogen-bond donors (Lipinski definition) is 1. The summed E-state index contributed by atoms with van der Waals surface area (Å²) in [5, 5.41) is 0. The van der Waals surface area contributed by atoms with Crippen molar-refractivity contribution in [2.45, 2.75) is 32.0 Å². The van der Waals surface area contributed by atoms with Crippen LogP contribution in [0.4, 0.5) is 13.2 Å². The van der Waals surface area contributed by atoms with Gasteiger partial charge in [-0.05, 0) is 31.4 Å². The molecule has 1 heterocycles. The maximum atomic E-state index is 12.5. The minimum atomic E-state index is -4.31. The number of nitrogens with two attached hydrogens (primary N) is 1. The van der Waals surface area contributed by atoms with E-state index in [-0.39, 0.29) is 11.6 Å². The van der Waals surface area contributed by atoms with Crippen LogP contribution >= 0.6 is 0 Å². The molecule has 1 unspecified atom stereocenters. The highest BCUT2D eigenvalue weighted by Crippen LogP contribution is 2.31. The van der Waals surface area contributed by atoms with E-state index in [0.717, 1.165) is 12.3 Å². The molecule has 0 spiro atoms. The number of halogens is 3. The van der Waals surface area contributed by atoms with Crippen molar-refractivity contribution in [2.24, 2.45) is 5.73 Å². The van der Waals surface area contributed by atoms with E-state index < -0.39 is 11.7 Å². The molecule has 1 atom stereocenters. The van der Waals surface area contributed by atoms with Crippen LogP contribution in [0.1, 0.15) is 24.5 Å². The molecule has 5 heteroatoms. The minimum Gasteiger partial charge on any atom is -0.328 e. The van der Waals surface area contributed by atoms with Crippen LogP contribution < -0.4 is 5.73 Å². The summed E-state index contributed by atoms with van der Waals surface area (Å²) >= 11 is 0. The molecule has 0 aliphatic rings. The van der Waals surface area contributed by atoms with Crippen molar-refractivity contribution in [2.75, 3.05) is 0 Å². The third-order valence-corrected chi connectivity index (χ3v) is 2.08. The lowest BCUT2D eigenvalue weighted by Crippen LogP contribution is -2.17. The molecule has 1 aromatic heterocycles. The number of pyridine rings is 1. The summed E-state index contributed by atoms with van der Waals surface area (Å²) < 4.78 is 37.5. The average molecular weight is 218 g/mol. The van der Waals surface area contributed by atoms with Crippen LogP contribution in [-0.4, -0.2) is 11.0 Å². The van der Waals surface area contributed by atoms with Crippen LogP contribution in [0.2, 0.25) is 0 Å². The Morgan fingerprint density at radius 2 is 2.13 bits per heavy atom. The summed E-state index contributed by atoms with van der Waals surface area (Å²) in [7, 11) is 0. The largest absolute Gasteiger partial charge is 0.416 e. The highest BCUT2D eigenvalue weighted by atomic mass is 19.4. The van der Waals surface area contributed by atoms with Crippen LogP contribution in [0.5, 0.6) is 0 Å². The Bertz CT molecular complexity index is 321. The zero-order valence-electron chi connectivity index (χ0n) is 8.38. The van der Waals surface area contributed by atoms with Gasteiger partial charge in [-0.2, -0.15) is 13.2 Å². The Kier molecular flexibility index (Phi) is 3.68. The summed E-state index contributed by atoms with van der Waals surface area (Å²) in [4.78, 5) is 3.70. The van der Waals surface area contributed by atoms with E-state index in [2.05, 4.69) is 4.98 Å². The molecule has 1 aromatic rings. The predicted octanol–water partition coefficient (Wildman–Crippen LogP) is 2.38. The van der Waals surface area contributed by atoms with Gasteiger partial charge in [0.15, 0.2) is 0 Å². The van der Waals surface area contributed by atoms with Gasteiger partial charge in [0, 0.05) is 18.4 Å². The van der Waals surface area contributed by atoms with Gasteiger partial charge < -0.3 is 5.73 Å². The molecule has 0 fully saturated rings. The molecule has 1 rings (SSSR count). The van der Waals surface area contributed by atoms with Crippen molar-refractivity contribution in [3.05, 3.63) is 29.6 Å². The SMILES string of the molecule is CC(N)CCc1cnccc1C(F)(F)F. The van der Waals surface area contributed by atoms with E-state index in [1.165, 1.54) is 6.20 Å². The summed E-state index contributed by atoms with van der Waals surface area (Å²) in [6.07, 6.45) is -1.07. The van der Waals surface area contributed by atoms with Gasteiger partial charge in [0.1, 0.15) is 0 Å². The van der Waals surface area contributed by atoms with Crippen LogP contribution in [0, 0.1) is 0 Å². The number of rotatable bonds is 3. The Hall–Kier alpha value is -1.10. The molecule has 2 N–H and O–H groups in total. The summed E-state index contributed by atoms with van der Waals surface area (Å²) in [6.45, 7) is 1.77. The molecule has 0 saturated carbocycles. The van der Waals surface area contributed by atoms with Crippen molar-refractivity contribution in [1.82, 2.24) is 4.98 Å². The molecule has 2 nitrogen and oxygen atoms in total. The first-order valence-electron chi connectivity index (χ1n) is 4.67. The van der Waals surface area contributed by atoms with Crippen LogP contribution in [0.25, 0.3) is 0 Å². The normalized spacial score (nSPS) is 13.9. The smallest absolute Gasteiger partial charge is 0.328 e. The minimum absolute atomic E-state index is 0.105. The number of hydrogen-bond acceptors (Lipinski definition) is 2. The van der Waals surface area contributed by atoms with Gasteiger partial charge in [0.2, 0.25) is 0 Å². The summed E-state index contributed by atoms with van der Waals surface area (Å²) in [5.74, 6) is 0. The Balaban J connectivity index is 2.87. The Morgan fingerprint density at radius 3 is 2.67 bits per heavy atom. The molecule has 15 heavy (non-hydrogen) atoms. The van der Waals surface area contributed by atoms with Gasteiger partial charge in [-0.1, -0.05) is 0 Å². The van der Waals surface area contributed by atoms with Crippen molar-refractivity contribution < 1.29 is 13.2 Å². The lowest BCUT2D eigenvalue weighted by atomic mass is 10.0. The average Bonchev–Trinajstić information content (AvgIpc) is 2.13. The van der Waals surface area contributed by atoms with E-state index in [1.54, 1.807) is 6.92 Å². The molecule has 0 saturated heterocycles. The van der Waals surface area contributed by atoms with Gasteiger partial charge in [0.25, 0.3) is 0 Å². The fraction of sp³-hybridized carbons (Fsp3) is 0.500. The first-order valence-corrected chi connectivity index (χ1v) is 4.67. The van der Waals surface area contributed by atoms with Gasteiger partial charge in [0.05, 0.1) is 5.56 Å². The third kappa shape index (κ3) is 3.51. The van der Waals surface area contributed by atoms with Gasteiger partial charge in [-0.25, -0.2) is 0 Å². The first kappa shape index (κ1) is 12.0. The fourth-order valence-electron chi connectivity index (χ4n) is 1.29. The molecule has 0 aromatic carbocycles. The number of aromatic nitrogens is 1. The Labute approximate surface area is 86.3 Å². The number of alkyl halides is 3. The van der Waals surface area contributed by atoms with E-state index in [1.807, 2.05) is 0 Å². The van der Waals surface area contributed by atoms with Gasteiger partial charge in [-0.15, -0.1) is 0 Å². The van der Waals surface area contributed by atoms with E-state index in [4.69, 9.17) is 5.73 Å². The molecular weight excluding hydrogens is 205 g/mol. The number of aryl methyl sites for hydroxylation is 1. The van der Waals surface area contributed by atoms with Gasteiger partial charge >= 0.3 is 6.18 Å². The van der Waals surface area contributed by atoms with Crippen LogP contribution in [0.3, 0.4) is 0 Å². The van der Waals surface area contributed by atoms with Crippen LogP contribution in [0.15, 0.2) is 18.5 Å². The topological polar surface area (TPSA) is 38.9 Å². The maximum Gasteiger partial charge on any atom is 0.416 e. The second-order valence-electron chi connectivity index (χ2n) is 3.55. The maximum absolute atomic E-state index is 12.5. The molecule has 0 amide bonds. The van der Waals surface area contributed by atoms with Crippen molar-refractivity contribution in [1.29, 1.82) is 0 Å². The standard InChI is InChI=1S/C10H13F3N2/c1-7(14)2-3-8-6-15-5-4-9(8)10(11,12)13/h4-7H,2-3,14H2,1H3. The van der Waals surface area contributed by atoms with Crippen LogP contribution in [-0.2, 0) is 12.6 Å². The van der Waals surface area contributed by atoms with Crippen molar-refractivity contribution >= 4 is 0 Å². The second kappa shape index (κ2) is 4.61. The molecule has 0 aliphatic carbocycles. The summed E-state index contributed by atoms with van der Waals surface area (Å²) in [6, 6.07) is 0.891. The zero-order valence-corrected chi connectivity index (χ0v) is 8.38. The lowest BCUT2D eigenvalue weighted by molar-refractivity contribution is -0.138. The number of nitrogens with zero attached hydrogens (tertiary/aromatic N) is 1. The fourth-order valence-corrected chi connectivity index (χ4v) is 1.29. The molecule has 84 valence electrons. The zero-order chi connectivity index (χ0) is 11.5. The molecule has 0 radical (unpaired) electrons.